The Balaban J connectivity index is 2.35. The first kappa shape index (κ1) is 20.8. The van der Waals surface area contributed by atoms with Crippen LogP contribution in [0.15, 0.2) is 47.4 Å². The molecule has 2 aromatic carbocycles. The number of aryl methyl sites for hydroxylation is 1. The molecule has 0 aliphatic carbocycles. The predicted molar refractivity (Wildman–Crippen MR) is 107 cm³/mol. The van der Waals surface area contributed by atoms with E-state index in [0.29, 0.717) is 12.2 Å². The molecule has 0 aliphatic heterocycles. The van der Waals surface area contributed by atoms with Crippen molar-refractivity contribution in [1.29, 1.82) is 0 Å². The lowest BCUT2D eigenvalue weighted by atomic mass is 10.1. The summed E-state index contributed by atoms with van der Waals surface area (Å²) in [5.74, 6) is 0.330. The van der Waals surface area contributed by atoms with Crippen LogP contribution in [-0.4, -0.2) is 27.5 Å². The van der Waals surface area contributed by atoms with Crippen LogP contribution in [0.25, 0.3) is 0 Å². The number of amides is 1. The van der Waals surface area contributed by atoms with E-state index in [0.717, 1.165) is 12.0 Å². The maximum absolute atomic E-state index is 12.8. The SMILES string of the molecule is CCc1cc(S(=O)(=O)Nc2ccccc2C(=O)N[C@@H](C)CC)ccc1OC. The van der Waals surface area contributed by atoms with Gasteiger partial charge in [0, 0.05) is 6.04 Å². The molecule has 0 saturated carbocycles. The third-order valence-electron chi connectivity index (χ3n) is 4.35. The molecule has 2 N–H and O–H groups in total. The van der Waals surface area contributed by atoms with Gasteiger partial charge in [-0.25, -0.2) is 8.42 Å². The Hall–Kier alpha value is -2.54. The normalized spacial score (nSPS) is 12.3. The van der Waals surface area contributed by atoms with Gasteiger partial charge in [-0.15, -0.1) is 0 Å². The van der Waals surface area contributed by atoms with Crippen LogP contribution < -0.4 is 14.8 Å². The van der Waals surface area contributed by atoms with Gasteiger partial charge in [-0.2, -0.15) is 0 Å². The topological polar surface area (TPSA) is 84.5 Å². The minimum atomic E-state index is -3.85. The number of nitrogens with one attached hydrogen (secondary N) is 2. The van der Waals surface area contributed by atoms with Crippen molar-refractivity contribution in [2.75, 3.05) is 11.8 Å². The molecule has 0 bridgehead atoms. The van der Waals surface area contributed by atoms with Crippen molar-refractivity contribution in [3.8, 4) is 5.75 Å². The van der Waals surface area contributed by atoms with Gasteiger partial charge in [0.2, 0.25) is 0 Å². The number of carbonyl (C=O) groups is 1. The van der Waals surface area contributed by atoms with Gasteiger partial charge in [-0.1, -0.05) is 26.0 Å². The maximum atomic E-state index is 12.8. The molecule has 0 aromatic heterocycles. The molecular weight excluding hydrogens is 364 g/mol. The summed E-state index contributed by atoms with van der Waals surface area (Å²) in [6, 6.07) is 11.3. The number of para-hydroxylation sites is 1. The van der Waals surface area contributed by atoms with E-state index in [1.54, 1.807) is 43.5 Å². The number of hydrogen-bond donors (Lipinski definition) is 2. The van der Waals surface area contributed by atoms with Crippen LogP contribution >= 0.6 is 0 Å². The molecule has 6 nitrogen and oxygen atoms in total. The summed E-state index contributed by atoms with van der Waals surface area (Å²) in [5, 5.41) is 2.85. The fourth-order valence-corrected chi connectivity index (χ4v) is 3.71. The van der Waals surface area contributed by atoms with Gasteiger partial charge in [0.15, 0.2) is 0 Å². The average Bonchev–Trinajstić information content (AvgIpc) is 2.67. The zero-order valence-corrected chi connectivity index (χ0v) is 16.9. The highest BCUT2D eigenvalue weighted by atomic mass is 32.2. The lowest BCUT2D eigenvalue weighted by Gasteiger charge is -2.16. The van der Waals surface area contributed by atoms with E-state index in [-0.39, 0.29) is 28.1 Å². The van der Waals surface area contributed by atoms with Crippen molar-refractivity contribution < 1.29 is 17.9 Å². The van der Waals surface area contributed by atoms with E-state index in [9.17, 15) is 13.2 Å². The molecule has 0 fully saturated rings. The highest BCUT2D eigenvalue weighted by Gasteiger charge is 2.20. The van der Waals surface area contributed by atoms with Gasteiger partial charge >= 0.3 is 0 Å². The van der Waals surface area contributed by atoms with Crippen molar-refractivity contribution in [3.63, 3.8) is 0 Å². The van der Waals surface area contributed by atoms with Crippen LogP contribution in [0.4, 0.5) is 5.69 Å². The number of rotatable bonds is 8. The van der Waals surface area contributed by atoms with Gasteiger partial charge in [0.05, 0.1) is 23.3 Å². The number of hydrogen-bond acceptors (Lipinski definition) is 4. The Morgan fingerprint density at radius 2 is 1.85 bits per heavy atom. The predicted octanol–water partition coefficient (Wildman–Crippen LogP) is 3.59. The van der Waals surface area contributed by atoms with Crippen molar-refractivity contribution in [3.05, 3.63) is 53.6 Å². The van der Waals surface area contributed by atoms with Crippen molar-refractivity contribution in [2.24, 2.45) is 0 Å². The first-order valence-corrected chi connectivity index (χ1v) is 10.4. The number of ether oxygens (including phenoxy) is 1. The van der Waals surface area contributed by atoms with Crippen LogP contribution in [0.2, 0.25) is 0 Å². The summed E-state index contributed by atoms with van der Waals surface area (Å²) in [5.41, 5.74) is 1.32. The minimum absolute atomic E-state index is 0.00383. The lowest BCUT2D eigenvalue weighted by molar-refractivity contribution is 0.0940. The average molecular weight is 391 g/mol. The van der Waals surface area contributed by atoms with Crippen LogP contribution in [0.3, 0.4) is 0 Å². The van der Waals surface area contributed by atoms with Gasteiger partial charge in [0.1, 0.15) is 5.75 Å². The molecule has 0 unspecified atom stereocenters. The van der Waals surface area contributed by atoms with Crippen molar-refractivity contribution >= 4 is 21.6 Å². The molecule has 2 aromatic rings. The summed E-state index contributed by atoms with van der Waals surface area (Å²) < 4.78 is 33.5. The van der Waals surface area contributed by atoms with Crippen LogP contribution in [0, 0.1) is 0 Å². The van der Waals surface area contributed by atoms with Crippen LogP contribution in [0.1, 0.15) is 43.1 Å². The number of methoxy groups -OCH3 is 1. The third kappa shape index (κ3) is 5.01. The molecule has 2 rings (SSSR count). The molecule has 146 valence electrons. The van der Waals surface area contributed by atoms with Crippen LogP contribution in [0.5, 0.6) is 5.75 Å². The van der Waals surface area contributed by atoms with E-state index in [4.69, 9.17) is 4.74 Å². The summed E-state index contributed by atoms with van der Waals surface area (Å²) >= 11 is 0. The zero-order chi connectivity index (χ0) is 20.0. The fourth-order valence-electron chi connectivity index (χ4n) is 2.58. The molecule has 7 heteroatoms. The zero-order valence-electron chi connectivity index (χ0n) is 16.1. The fraction of sp³-hybridized carbons (Fsp3) is 0.350. The molecular formula is C20H26N2O4S. The first-order chi connectivity index (χ1) is 12.8. The second-order valence-corrected chi connectivity index (χ2v) is 7.94. The van der Waals surface area contributed by atoms with E-state index in [1.165, 1.54) is 6.07 Å². The quantitative estimate of drug-likeness (QED) is 0.721. The minimum Gasteiger partial charge on any atom is -0.496 e. The first-order valence-electron chi connectivity index (χ1n) is 8.92. The highest BCUT2D eigenvalue weighted by Crippen LogP contribution is 2.25. The van der Waals surface area contributed by atoms with Gasteiger partial charge in [0.25, 0.3) is 15.9 Å². The second-order valence-electron chi connectivity index (χ2n) is 6.26. The van der Waals surface area contributed by atoms with Gasteiger partial charge in [-0.05, 0) is 55.7 Å². The lowest BCUT2D eigenvalue weighted by Crippen LogP contribution is -2.32. The highest BCUT2D eigenvalue weighted by molar-refractivity contribution is 7.92. The number of anilines is 1. The van der Waals surface area contributed by atoms with Crippen molar-refractivity contribution in [2.45, 2.75) is 44.6 Å². The van der Waals surface area contributed by atoms with E-state index >= 15 is 0 Å². The number of benzene rings is 2. The second kappa shape index (κ2) is 8.90. The van der Waals surface area contributed by atoms with E-state index < -0.39 is 10.0 Å². The summed E-state index contributed by atoms with van der Waals surface area (Å²) in [7, 11) is -2.30. The maximum Gasteiger partial charge on any atom is 0.261 e. The summed E-state index contributed by atoms with van der Waals surface area (Å²) in [6.45, 7) is 5.79. The standard InChI is InChI=1S/C20H26N2O4S/c1-5-14(3)21-20(23)17-9-7-8-10-18(17)22-27(24,25)16-11-12-19(26-4)15(6-2)13-16/h7-14,22H,5-6H2,1-4H3,(H,21,23)/t14-/m0/s1. The summed E-state index contributed by atoms with van der Waals surface area (Å²) in [6.07, 6.45) is 1.42. The number of carbonyl (C=O) groups excluding carboxylic acids is 1. The van der Waals surface area contributed by atoms with E-state index in [2.05, 4.69) is 10.0 Å². The van der Waals surface area contributed by atoms with Crippen LogP contribution in [-0.2, 0) is 16.4 Å². The Bertz CT molecular complexity index is 910. The van der Waals surface area contributed by atoms with E-state index in [1.807, 2.05) is 20.8 Å². The molecule has 0 spiro atoms. The number of sulfonamides is 1. The van der Waals surface area contributed by atoms with Crippen molar-refractivity contribution in [1.82, 2.24) is 5.32 Å². The molecule has 0 aliphatic rings. The Labute approximate surface area is 161 Å². The van der Waals surface area contributed by atoms with Gasteiger partial charge < -0.3 is 10.1 Å². The smallest absolute Gasteiger partial charge is 0.261 e. The molecule has 1 amide bonds. The Morgan fingerprint density at radius 1 is 1.15 bits per heavy atom. The molecule has 0 heterocycles. The monoisotopic (exact) mass is 390 g/mol. The van der Waals surface area contributed by atoms with Gasteiger partial charge in [-0.3, -0.25) is 9.52 Å². The largest absolute Gasteiger partial charge is 0.496 e. The molecule has 0 radical (unpaired) electrons. The molecule has 0 saturated heterocycles. The Morgan fingerprint density at radius 3 is 2.48 bits per heavy atom. The molecule has 1 atom stereocenters. The molecule has 27 heavy (non-hydrogen) atoms. The third-order valence-corrected chi connectivity index (χ3v) is 5.71. The summed E-state index contributed by atoms with van der Waals surface area (Å²) in [4.78, 5) is 12.6. The Kier molecular flexibility index (Phi) is 6.85.